The molecular formula is C15H22N2O2. The van der Waals surface area contributed by atoms with Crippen LogP contribution < -0.4 is 15.4 Å². The summed E-state index contributed by atoms with van der Waals surface area (Å²) in [5.74, 6) is 1.23. The van der Waals surface area contributed by atoms with E-state index in [1.165, 1.54) is 0 Å². The van der Waals surface area contributed by atoms with Crippen LogP contribution in [0.25, 0.3) is 0 Å². The van der Waals surface area contributed by atoms with E-state index >= 15 is 0 Å². The van der Waals surface area contributed by atoms with Gasteiger partial charge in [-0.15, -0.1) is 0 Å². The predicted octanol–water partition coefficient (Wildman–Crippen LogP) is 2.19. The van der Waals surface area contributed by atoms with Gasteiger partial charge in [-0.3, -0.25) is 4.79 Å². The average molecular weight is 262 g/mol. The summed E-state index contributed by atoms with van der Waals surface area (Å²) in [5, 5.41) is 6.24. The van der Waals surface area contributed by atoms with Crippen molar-refractivity contribution in [2.45, 2.75) is 20.8 Å². The fourth-order valence-corrected chi connectivity index (χ4v) is 2.39. The molecule has 0 spiro atoms. The van der Waals surface area contributed by atoms with Gasteiger partial charge in [0, 0.05) is 6.54 Å². The molecule has 2 unspecified atom stereocenters. The highest BCUT2D eigenvalue weighted by Gasteiger charge is 2.29. The summed E-state index contributed by atoms with van der Waals surface area (Å²) in [6.07, 6.45) is 0. The van der Waals surface area contributed by atoms with Crippen LogP contribution in [0, 0.1) is 18.8 Å². The Morgan fingerprint density at radius 2 is 2.26 bits per heavy atom. The molecule has 1 amide bonds. The Kier molecular flexibility index (Phi) is 4.43. The molecule has 4 heteroatoms. The van der Waals surface area contributed by atoms with Gasteiger partial charge in [0.25, 0.3) is 0 Å². The number of amides is 1. The zero-order valence-electron chi connectivity index (χ0n) is 11.8. The van der Waals surface area contributed by atoms with E-state index in [1.807, 2.05) is 32.0 Å². The van der Waals surface area contributed by atoms with Crippen LogP contribution in [0.5, 0.6) is 5.75 Å². The number of hydrogen-bond acceptors (Lipinski definition) is 3. The van der Waals surface area contributed by atoms with Crippen LogP contribution in [0.1, 0.15) is 19.4 Å². The van der Waals surface area contributed by atoms with Gasteiger partial charge in [-0.05, 0) is 44.0 Å². The van der Waals surface area contributed by atoms with E-state index in [0.29, 0.717) is 12.5 Å². The minimum atomic E-state index is 0.0378. The van der Waals surface area contributed by atoms with Crippen molar-refractivity contribution >= 4 is 11.6 Å². The maximum Gasteiger partial charge on any atom is 0.229 e. The van der Waals surface area contributed by atoms with E-state index in [9.17, 15) is 4.79 Å². The van der Waals surface area contributed by atoms with Crippen molar-refractivity contribution < 1.29 is 9.53 Å². The van der Waals surface area contributed by atoms with Crippen molar-refractivity contribution in [2.75, 3.05) is 25.0 Å². The summed E-state index contributed by atoms with van der Waals surface area (Å²) in [5.41, 5.74) is 1.88. The molecule has 4 nitrogen and oxygen atoms in total. The zero-order chi connectivity index (χ0) is 13.8. The van der Waals surface area contributed by atoms with Crippen LogP contribution >= 0.6 is 0 Å². The van der Waals surface area contributed by atoms with Gasteiger partial charge >= 0.3 is 0 Å². The topological polar surface area (TPSA) is 50.4 Å². The van der Waals surface area contributed by atoms with Gasteiger partial charge in [0.1, 0.15) is 5.75 Å². The van der Waals surface area contributed by atoms with Crippen molar-refractivity contribution in [3.63, 3.8) is 0 Å². The second-order valence-corrected chi connectivity index (χ2v) is 5.16. The lowest BCUT2D eigenvalue weighted by Crippen LogP contribution is -2.28. The highest BCUT2D eigenvalue weighted by molar-refractivity contribution is 5.94. The summed E-state index contributed by atoms with van der Waals surface area (Å²) in [6.45, 7) is 8.30. The van der Waals surface area contributed by atoms with Gasteiger partial charge in [0.05, 0.1) is 18.2 Å². The quantitative estimate of drug-likeness (QED) is 0.874. The molecule has 1 fully saturated rings. The van der Waals surface area contributed by atoms with E-state index < -0.39 is 0 Å². The molecule has 0 aliphatic carbocycles. The van der Waals surface area contributed by atoms with Crippen LogP contribution in [0.2, 0.25) is 0 Å². The molecule has 2 N–H and O–H groups in total. The van der Waals surface area contributed by atoms with E-state index in [4.69, 9.17) is 4.74 Å². The fraction of sp³-hybridized carbons (Fsp3) is 0.533. The van der Waals surface area contributed by atoms with Crippen molar-refractivity contribution in [2.24, 2.45) is 11.8 Å². The second kappa shape index (κ2) is 6.06. The molecule has 2 rings (SSSR count). The Labute approximate surface area is 114 Å². The molecule has 0 radical (unpaired) electrons. The number of aryl methyl sites for hydroxylation is 1. The third-order valence-corrected chi connectivity index (χ3v) is 3.55. The van der Waals surface area contributed by atoms with Gasteiger partial charge in [-0.1, -0.05) is 13.0 Å². The maximum absolute atomic E-state index is 12.3. The first-order valence-electron chi connectivity index (χ1n) is 6.87. The monoisotopic (exact) mass is 262 g/mol. The largest absolute Gasteiger partial charge is 0.492 e. The summed E-state index contributed by atoms with van der Waals surface area (Å²) >= 11 is 0. The molecule has 1 aromatic rings. The smallest absolute Gasteiger partial charge is 0.229 e. The normalized spacial score (nSPS) is 22.3. The van der Waals surface area contributed by atoms with E-state index in [0.717, 1.165) is 30.1 Å². The first kappa shape index (κ1) is 13.9. The van der Waals surface area contributed by atoms with Gasteiger partial charge < -0.3 is 15.4 Å². The molecule has 0 saturated carbocycles. The Balaban J connectivity index is 2.11. The Hall–Kier alpha value is -1.55. The summed E-state index contributed by atoms with van der Waals surface area (Å²) < 4.78 is 5.58. The lowest BCUT2D eigenvalue weighted by Gasteiger charge is -2.17. The molecule has 1 aliphatic rings. The van der Waals surface area contributed by atoms with Crippen molar-refractivity contribution in [3.8, 4) is 5.75 Å². The van der Waals surface area contributed by atoms with Gasteiger partial charge in [0.2, 0.25) is 5.91 Å². The SMILES string of the molecule is CCOc1cc(C)ccc1NC(=O)C1CNCC1C. The first-order chi connectivity index (χ1) is 9.11. The average Bonchev–Trinajstić information content (AvgIpc) is 2.79. The molecule has 0 aromatic heterocycles. The molecule has 19 heavy (non-hydrogen) atoms. The second-order valence-electron chi connectivity index (χ2n) is 5.16. The number of carbonyl (C=O) groups excluding carboxylic acids is 1. The van der Waals surface area contributed by atoms with Gasteiger partial charge in [-0.2, -0.15) is 0 Å². The molecule has 2 atom stereocenters. The fourth-order valence-electron chi connectivity index (χ4n) is 2.39. The van der Waals surface area contributed by atoms with E-state index in [-0.39, 0.29) is 11.8 Å². The summed E-state index contributed by atoms with van der Waals surface area (Å²) in [6, 6.07) is 5.84. The zero-order valence-corrected chi connectivity index (χ0v) is 11.8. The number of hydrogen-bond donors (Lipinski definition) is 2. The lowest BCUT2D eigenvalue weighted by molar-refractivity contribution is -0.120. The van der Waals surface area contributed by atoms with Crippen LogP contribution in [0.3, 0.4) is 0 Å². The highest BCUT2D eigenvalue weighted by atomic mass is 16.5. The molecule has 1 aromatic carbocycles. The van der Waals surface area contributed by atoms with Crippen molar-refractivity contribution in [1.82, 2.24) is 5.32 Å². The van der Waals surface area contributed by atoms with Crippen molar-refractivity contribution in [3.05, 3.63) is 23.8 Å². The number of ether oxygens (including phenoxy) is 1. The molecule has 1 saturated heterocycles. The van der Waals surface area contributed by atoms with E-state index in [2.05, 4.69) is 17.6 Å². The Morgan fingerprint density at radius 3 is 2.89 bits per heavy atom. The Morgan fingerprint density at radius 1 is 1.47 bits per heavy atom. The van der Waals surface area contributed by atoms with Gasteiger partial charge in [0.15, 0.2) is 0 Å². The summed E-state index contributed by atoms with van der Waals surface area (Å²) in [7, 11) is 0. The molecule has 104 valence electrons. The number of rotatable bonds is 4. The number of benzene rings is 1. The molecule has 1 aliphatic heterocycles. The molecule has 0 bridgehead atoms. The van der Waals surface area contributed by atoms with Gasteiger partial charge in [-0.25, -0.2) is 0 Å². The third-order valence-electron chi connectivity index (χ3n) is 3.55. The minimum absolute atomic E-state index is 0.0378. The van der Waals surface area contributed by atoms with Crippen LogP contribution in [-0.4, -0.2) is 25.6 Å². The first-order valence-corrected chi connectivity index (χ1v) is 6.87. The maximum atomic E-state index is 12.3. The summed E-state index contributed by atoms with van der Waals surface area (Å²) in [4.78, 5) is 12.3. The van der Waals surface area contributed by atoms with Crippen LogP contribution in [0.15, 0.2) is 18.2 Å². The Bertz CT molecular complexity index is 459. The molecule has 1 heterocycles. The standard InChI is InChI=1S/C15H22N2O2/c1-4-19-14-7-10(2)5-6-13(14)17-15(18)12-9-16-8-11(12)3/h5-7,11-12,16H,4,8-9H2,1-3H3,(H,17,18). The third kappa shape index (κ3) is 3.26. The van der Waals surface area contributed by atoms with Crippen LogP contribution in [0.4, 0.5) is 5.69 Å². The number of anilines is 1. The molecular weight excluding hydrogens is 240 g/mol. The number of nitrogens with one attached hydrogen (secondary N) is 2. The minimum Gasteiger partial charge on any atom is -0.492 e. The van der Waals surface area contributed by atoms with Crippen LogP contribution in [-0.2, 0) is 4.79 Å². The van der Waals surface area contributed by atoms with Crippen molar-refractivity contribution in [1.29, 1.82) is 0 Å². The lowest BCUT2D eigenvalue weighted by atomic mass is 9.97. The predicted molar refractivity (Wildman–Crippen MR) is 76.5 cm³/mol. The van der Waals surface area contributed by atoms with E-state index in [1.54, 1.807) is 0 Å². The highest BCUT2D eigenvalue weighted by Crippen LogP contribution is 2.27. The number of carbonyl (C=O) groups is 1.